The fraction of sp³-hybridized carbons (Fsp3) is 0.444. The van der Waals surface area contributed by atoms with Crippen LogP contribution in [0.15, 0.2) is 47.6 Å². The Morgan fingerprint density at radius 2 is 1.67 bits per heavy atom. The first-order valence-electron chi connectivity index (χ1n) is 7.69. The van der Waals surface area contributed by atoms with E-state index < -0.39 is 5.41 Å². The summed E-state index contributed by atoms with van der Waals surface area (Å²) in [6.45, 7) is 11.8. The molecule has 0 bridgehead atoms. The number of aliphatic imine (C=N–C) groups is 1. The molecule has 0 aromatic heterocycles. The summed E-state index contributed by atoms with van der Waals surface area (Å²) in [5, 5.41) is 2.87. The molecule has 21 heavy (non-hydrogen) atoms. The van der Waals surface area contributed by atoms with Gasteiger partial charge in [0.1, 0.15) is 5.84 Å². The van der Waals surface area contributed by atoms with Gasteiger partial charge in [-0.1, -0.05) is 64.1 Å². The highest BCUT2D eigenvalue weighted by molar-refractivity contribution is 6.03. The maximum absolute atomic E-state index is 12.2. The molecule has 0 saturated carbocycles. The summed E-state index contributed by atoms with van der Waals surface area (Å²) in [4.78, 5) is 16.3. The van der Waals surface area contributed by atoms with E-state index >= 15 is 0 Å². The highest BCUT2D eigenvalue weighted by Crippen LogP contribution is 2.23. The van der Waals surface area contributed by atoms with Gasteiger partial charge in [0.15, 0.2) is 0 Å². The molecule has 0 atom stereocenters. The van der Waals surface area contributed by atoms with Crippen LogP contribution in [0.3, 0.4) is 0 Å². The maximum atomic E-state index is 12.2. The third-order valence-corrected chi connectivity index (χ3v) is 2.97. The average molecular weight is 288 g/mol. The molecule has 1 heterocycles. The lowest BCUT2D eigenvalue weighted by Crippen LogP contribution is -2.42. The van der Waals surface area contributed by atoms with Crippen molar-refractivity contribution >= 4 is 11.7 Å². The van der Waals surface area contributed by atoms with E-state index in [-0.39, 0.29) is 5.91 Å². The van der Waals surface area contributed by atoms with Gasteiger partial charge in [-0.3, -0.25) is 4.79 Å². The normalized spacial score (nSPS) is 12.4. The van der Waals surface area contributed by atoms with Crippen LogP contribution in [0.1, 0.15) is 53.5 Å². The van der Waals surface area contributed by atoms with Gasteiger partial charge in [0, 0.05) is 12.6 Å². The SMILES string of the molecule is CC.CC.CC(C)(C(=O)NC1=NC=CC1)c1ccccc1. The minimum Gasteiger partial charge on any atom is -0.313 e. The van der Waals surface area contributed by atoms with Gasteiger partial charge in [-0.05, 0) is 19.4 Å². The number of amides is 1. The van der Waals surface area contributed by atoms with Crippen molar-refractivity contribution in [1.29, 1.82) is 0 Å². The predicted molar refractivity (Wildman–Crippen MR) is 91.5 cm³/mol. The van der Waals surface area contributed by atoms with E-state index in [1.54, 1.807) is 6.20 Å². The number of benzene rings is 1. The van der Waals surface area contributed by atoms with Crippen molar-refractivity contribution in [2.45, 2.75) is 53.4 Å². The summed E-state index contributed by atoms with van der Waals surface area (Å²) < 4.78 is 0. The highest BCUT2D eigenvalue weighted by Gasteiger charge is 2.30. The second-order valence-corrected chi connectivity index (χ2v) is 4.61. The average Bonchev–Trinajstić information content (AvgIpc) is 3.05. The Bertz CT molecular complexity index is 473. The monoisotopic (exact) mass is 288 g/mol. The lowest BCUT2D eigenvalue weighted by molar-refractivity contribution is -0.124. The third kappa shape index (κ3) is 5.54. The molecule has 1 aromatic carbocycles. The van der Waals surface area contributed by atoms with Crippen LogP contribution in [-0.2, 0) is 10.2 Å². The number of amidine groups is 1. The lowest BCUT2D eigenvalue weighted by Gasteiger charge is -2.24. The van der Waals surface area contributed by atoms with Crippen molar-refractivity contribution < 1.29 is 4.79 Å². The largest absolute Gasteiger partial charge is 0.313 e. The first kappa shape index (κ1) is 19.1. The van der Waals surface area contributed by atoms with E-state index in [1.165, 1.54) is 0 Å². The summed E-state index contributed by atoms with van der Waals surface area (Å²) in [6.07, 6.45) is 4.34. The van der Waals surface area contributed by atoms with Gasteiger partial charge in [0.05, 0.1) is 5.41 Å². The van der Waals surface area contributed by atoms with Gasteiger partial charge in [0.25, 0.3) is 0 Å². The zero-order chi connectivity index (χ0) is 16.3. The number of nitrogens with zero attached hydrogens (tertiary/aromatic N) is 1. The van der Waals surface area contributed by atoms with Crippen molar-refractivity contribution in [3.05, 3.63) is 48.2 Å². The Labute approximate surface area is 129 Å². The first-order chi connectivity index (χ1) is 10.1. The summed E-state index contributed by atoms with van der Waals surface area (Å²) in [5.74, 6) is 0.699. The second-order valence-electron chi connectivity index (χ2n) is 4.61. The van der Waals surface area contributed by atoms with E-state index in [1.807, 2.05) is 78.0 Å². The lowest BCUT2D eigenvalue weighted by atomic mass is 9.84. The van der Waals surface area contributed by atoms with Crippen LogP contribution in [-0.4, -0.2) is 11.7 Å². The molecular formula is C18H28N2O. The second kappa shape index (κ2) is 9.92. The molecule has 3 nitrogen and oxygen atoms in total. The molecule has 0 unspecified atom stereocenters. The van der Waals surface area contributed by atoms with Crippen LogP contribution in [0.25, 0.3) is 0 Å². The number of rotatable bonds is 2. The molecule has 1 N–H and O–H groups in total. The standard InChI is InChI=1S/C14H16N2O.2C2H6/c1-14(2,11-7-4-3-5-8-11)13(17)16-12-9-6-10-15-12;2*1-2/h3-8,10H,9H2,1-2H3,(H,15,16,17);2*1-2H3. The van der Waals surface area contributed by atoms with Crippen LogP contribution < -0.4 is 5.32 Å². The van der Waals surface area contributed by atoms with Gasteiger partial charge in [-0.25, -0.2) is 4.99 Å². The van der Waals surface area contributed by atoms with E-state index in [4.69, 9.17) is 0 Å². The highest BCUT2D eigenvalue weighted by atomic mass is 16.2. The molecule has 1 amide bonds. The van der Waals surface area contributed by atoms with Gasteiger partial charge >= 0.3 is 0 Å². The summed E-state index contributed by atoms with van der Waals surface area (Å²) in [7, 11) is 0. The summed E-state index contributed by atoms with van der Waals surface area (Å²) >= 11 is 0. The molecule has 0 radical (unpaired) electrons. The molecule has 0 fully saturated rings. The third-order valence-electron chi connectivity index (χ3n) is 2.97. The first-order valence-corrected chi connectivity index (χ1v) is 7.69. The van der Waals surface area contributed by atoms with Crippen molar-refractivity contribution in [1.82, 2.24) is 5.32 Å². The minimum absolute atomic E-state index is 0.0221. The molecule has 0 spiro atoms. The Balaban J connectivity index is 0.000000921. The molecular weight excluding hydrogens is 260 g/mol. The molecule has 116 valence electrons. The van der Waals surface area contributed by atoms with Gasteiger partial charge in [-0.2, -0.15) is 0 Å². The Morgan fingerprint density at radius 3 is 2.14 bits per heavy atom. The number of hydrogen-bond acceptors (Lipinski definition) is 2. The summed E-state index contributed by atoms with van der Waals surface area (Å²) in [5.41, 5.74) is 0.455. The number of carbonyl (C=O) groups excluding carboxylic acids is 1. The van der Waals surface area contributed by atoms with Crippen molar-refractivity contribution in [2.24, 2.45) is 4.99 Å². The van der Waals surface area contributed by atoms with Gasteiger partial charge in [0.2, 0.25) is 5.91 Å². The molecule has 0 aliphatic carbocycles. The number of nitrogens with one attached hydrogen (secondary N) is 1. The van der Waals surface area contributed by atoms with E-state index in [2.05, 4.69) is 10.3 Å². The van der Waals surface area contributed by atoms with Gasteiger partial charge in [-0.15, -0.1) is 0 Å². The Kier molecular flexibility index (Phi) is 9.02. The zero-order valence-corrected chi connectivity index (χ0v) is 14.1. The van der Waals surface area contributed by atoms with E-state index in [0.717, 1.165) is 11.4 Å². The molecule has 3 heteroatoms. The molecule has 2 rings (SSSR count). The van der Waals surface area contributed by atoms with Crippen LogP contribution in [0.5, 0.6) is 0 Å². The fourth-order valence-electron chi connectivity index (χ4n) is 1.72. The smallest absolute Gasteiger partial charge is 0.235 e. The van der Waals surface area contributed by atoms with E-state index in [0.29, 0.717) is 6.42 Å². The van der Waals surface area contributed by atoms with Crippen LogP contribution in [0.4, 0.5) is 0 Å². The van der Waals surface area contributed by atoms with Crippen LogP contribution in [0, 0.1) is 0 Å². The molecule has 1 aromatic rings. The topological polar surface area (TPSA) is 41.5 Å². The zero-order valence-electron chi connectivity index (χ0n) is 14.1. The van der Waals surface area contributed by atoms with Gasteiger partial charge < -0.3 is 5.32 Å². The maximum Gasteiger partial charge on any atom is 0.235 e. The minimum atomic E-state index is -0.549. The van der Waals surface area contributed by atoms with Crippen LogP contribution >= 0.6 is 0 Å². The molecule has 0 saturated heterocycles. The fourth-order valence-corrected chi connectivity index (χ4v) is 1.72. The molecule has 1 aliphatic heterocycles. The van der Waals surface area contributed by atoms with Crippen molar-refractivity contribution in [3.63, 3.8) is 0 Å². The Morgan fingerprint density at radius 1 is 1.10 bits per heavy atom. The van der Waals surface area contributed by atoms with E-state index in [9.17, 15) is 4.79 Å². The van der Waals surface area contributed by atoms with Crippen molar-refractivity contribution in [3.8, 4) is 0 Å². The molecule has 1 aliphatic rings. The Hall–Kier alpha value is -1.90. The quantitative estimate of drug-likeness (QED) is 0.858. The number of carbonyl (C=O) groups is 1. The summed E-state index contributed by atoms with van der Waals surface area (Å²) in [6, 6.07) is 9.77. The van der Waals surface area contributed by atoms with Crippen LogP contribution in [0.2, 0.25) is 0 Å². The predicted octanol–water partition coefficient (Wildman–Crippen LogP) is 4.45. The number of hydrogen-bond donors (Lipinski definition) is 1. The van der Waals surface area contributed by atoms with Crippen molar-refractivity contribution in [2.75, 3.05) is 0 Å².